The van der Waals surface area contributed by atoms with Gasteiger partial charge in [0.15, 0.2) is 0 Å². The van der Waals surface area contributed by atoms with Crippen LogP contribution in [0.4, 0.5) is 0 Å². The van der Waals surface area contributed by atoms with Crippen molar-refractivity contribution >= 4 is 10.0 Å². The normalized spacial score (nSPS) is 17.2. The maximum absolute atomic E-state index is 12.1. The first-order valence-corrected chi connectivity index (χ1v) is 8.06. The van der Waals surface area contributed by atoms with Crippen LogP contribution < -0.4 is 9.46 Å². The molecule has 1 heterocycles. The minimum Gasteiger partial charge on any atom is -0.508 e. The Labute approximate surface area is 123 Å². The monoisotopic (exact) mass is 305 g/mol. The lowest BCUT2D eigenvalue weighted by atomic mass is 10.1. The van der Waals surface area contributed by atoms with E-state index in [9.17, 15) is 13.5 Å². The molecule has 0 amide bonds. The van der Waals surface area contributed by atoms with E-state index in [1.165, 1.54) is 24.3 Å². The lowest BCUT2D eigenvalue weighted by molar-refractivity contribution is 0.236. The number of ether oxygens (including phenoxy) is 1. The summed E-state index contributed by atoms with van der Waals surface area (Å²) in [6, 6.07) is 13.2. The first-order valence-electron chi connectivity index (χ1n) is 6.58. The molecule has 1 aliphatic rings. The summed E-state index contributed by atoms with van der Waals surface area (Å²) < 4.78 is 32.5. The quantitative estimate of drug-likeness (QED) is 0.901. The van der Waals surface area contributed by atoms with Gasteiger partial charge in [0.25, 0.3) is 0 Å². The zero-order chi connectivity index (χ0) is 14.9. The largest absolute Gasteiger partial charge is 0.508 e. The fraction of sp³-hybridized carbons (Fsp3) is 0.200. The molecule has 0 spiro atoms. The molecule has 0 aliphatic carbocycles. The van der Waals surface area contributed by atoms with Crippen LogP contribution in [-0.4, -0.2) is 26.2 Å². The van der Waals surface area contributed by atoms with Crippen molar-refractivity contribution in [1.29, 1.82) is 0 Å². The highest BCUT2D eigenvalue weighted by molar-refractivity contribution is 7.89. The van der Waals surface area contributed by atoms with Gasteiger partial charge in [-0.15, -0.1) is 0 Å². The first-order chi connectivity index (χ1) is 10.0. The Kier molecular flexibility index (Phi) is 3.57. The zero-order valence-corrected chi connectivity index (χ0v) is 12.0. The number of sulfonamides is 1. The highest BCUT2D eigenvalue weighted by Gasteiger charge is 2.24. The SMILES string of the molecule is O=S(=O)(NCC1Cc2ccccc2O1)c1cccc(O)c1. The first kappa shape index (κ1) is 13.9. The maximum atomic E-state index is 12.1. The van der Waals surface area contributed by atoms with Crippen LogP contribution in [0.25, 0.3) is 0 Å². The lowest BCUT2D eigenvalue weighted by Gasteiger charge is -2.12. The molecule has 0 fully saturated rings. The number of aromatic hydroxyl groups is 1. The van der Waals surface area contributed by atoms with Gasteiger partial charge in [-0.1, -0.05) is 24.3 Å². The Balaban J connectivity index is 1.66. The van der Waals surface area contributed by atoms with Crippen LogP contribution in [-0.2, 0) is 16.4 Å². The van der Waals surface area contributed by atoms with E-state index in [2.05, 4.69) is 4.72 Å². The number of hydrogen-bond acceptors (Lipinski definition) is 4. The third-order valence-electron chi connectivity index (χ3n) is 3.34. The molecule has 0 radical (unpaired) electrons. The molecule has 1 aliphatic heterocycles. The second-order valence-corrected chi connectivity index (χ2v) is 6.67. The second-order valence-electron chi connectivity index (χ2n) is 4.90. The van der Waals surface area contributed by atoms with Crippen molar-refractivity contribution < 1.29 is 18.3 Å². The minimum absolute atomic E-state index is 0.0398. The van der Waals surface area contributed by atoms with Crippen LogP contribution in [0.3, 0.4) is 0 Å². The molecular weight excluding hydrogens is 290 g/mol. The summed E-state index contributed by atoms with van der Waals surface area (Å²) in [4.78, 5) is 0.0398. The fourth-order valence-corrected chi connectivity index (χ4v) is 3.41. The predicted octanol–water partition coefficient (Wildman–Crippen LogP) is 1.67. The van der Waals surface area contributed by atoms with Crippen molar-refractivity contribution in [3.8, 4) is 11.5 Å². The summed E-state index contributed by atoms with van der Waals surface area (Å²) in [5, 5.41) is 9.36. The van der Waals surface area contributed by atoms with Gasteiger partial charge in [0.1, 0.15) is 17.6 Å². The summed E-state index contributed by atoms with van der Waals surface area (Å²) in [6.45, 7) is 0.187. The summed E-state index contributed by atoms with van der Waals surface area (Å²) in [7, 11) is -3.65. The Morgan fingerprint density at radius 2 is 2.00 bits per heavy atom. The number of rotatable bonds is 4. The topological polar surface area (TPSA) is 75.6 Å². The van der Waals surface area contributed by atoms with Crippen LogP contribution in [0.2, 0.25) is 0 Å². The predicted molar refractivity (Wildman–Crippen MR) is 77.9 cm³/mol. The van der Waals surface area contributed by atoms with E-state index < -0.39 is 10.0 Å². The van der Waals surface area contributed by atoms with E-state index in [4.69, 9.17) is 4.74 Å². The molecule has 3 rings (SSSR count). The zero-order valence-electron chi connectivity index (χ0n) is 11.2. The van der Waals surface area contributed by atoms with Gasteiger partial charge in [0.2, 0.25) is 10.0 Å². The molecule has 6 heteroatoms. The molecule has 5 nitrogen and oxygen atoms in total. The van der Waals surface area contributed by atoms with Gasteiger partial charge >= 0.3 is 0 Å². The summed E-state index contributed by atoms with van der Waals surface area (Å²) in [5.74, 6) is 0.724. The number of nitrogens with one attached hydrogen (secondary N) is 1. The third-order valence-corrected chi connectivity index (χ3v) is 4.76. The van der Waals surface area contributed by atoms with Crippen LogP contribution >= 0.6 is 0 Å². The van der Waals surface area contributed by atoms with Gasteiger partial charge < -0.3 is 9.84 Å². The third kappa shape index (κ3) is 3.01. The van der Waals surface area contributed by atoms with Crippen molar-refractivity contribution in [3.05, 3.63) is 54.1 Å². The van der Waals surface area contributed by atoms with Gasteiger partial charge in [-0.2, -0.15) is 0 Å². The summed E-state index contributed by atoms with van der Waals surface area (Å²) in [6.07, 6.45) is 0.466. The van der Waals surface area contributed by atoms with Crippen molar-refractivity contribution in [2.45, 2.75) is 17.4 Å². The van der Waals surface area contributed by atoms with Gasteiger partial charge in [0.05, 0.1) is 4.90 Å². The van der Waals surface area contributed by atoms with Crippen LogP contribution in [0, 0.1) is 0 Å². The van der Waals surface area contributed by atoms with Gasteiger partial charge in [0, 0.05) is 13.0 Å². The molecule has 0 saturated carbocycles. The van der Waals surface area contributed by atoms with E-state index in [1.54, 1.807) is 0 Å². The number of para-hydroxylation sites is 1. The van der Waals surface area contributed by atoms with Crippen molar-refractivity contribution in [3.63, 3.8) is 0 Å². The standard InChI is InChI=1S/C15H15NO4S/c17-12-5-3-6-14(9-12)21(18,19)16-10-13-8-11-4-1-2-7-15(11)20-13/h1-7,9,13,16-17H,8,10H2. The highest BCUT2D eigenvalue weighted by atomic mass is 32.2. The van der Waals surface area contributed by atoms with E-state index in [-0.39, 0.29) is 23.3 Å². The van der Waals surface area contributed by atoms with E-state index in [1.807, 2.05) is 24.3 Å². The van der Waals surface area contributed by atoms with Gasteiger partial charge in [-0.25, -0.2) is 13.1 Å². The molecule has 0 saturated heterocycles. The minimum atomic E-state index is -3.65. The molecule has 0 bridgehead atoms. The lowest BCUT2D eigenvalue weighted by Crippen LogP contribution is -2.34. The maximum Gasteiger partial charge on any atom is 0.240 e. The average Bonchev–Trinajstić information content (AvgIpc) is 2.88. The van der Waals surface area contributed by atoms with Crippen LogP contribution in [0.1, 0.15) is 5.56 Å². The average molecular weight is 305 g/mol. The Morgan fingerprint density at radius 1 is 1.19 bits per heavy atom. The molecule has 0 aromatic heterocycles. The Morgan fingerprint density at radius 3 is 2.76 bits per heavy atom. The van der Waals surface area contributed by atoms with Gasteiger partial charge in [-0.3, -0.25) is 0 Å². The fourth-order valence-electron chi connectivity index (χ4n) is 2.30. The molecule has 110 valence electrons. The van der Waals surface area contributed by atoms with Crippen molar-refractivity contribution in [2.24, 2.45) is 0 Å². The van der Waals surface area contributed by atoms with Crippen LogP contribution in [0.15, 0.2) is 53.4 Å². The number of phenolic OH excluding ortho intramolecular Hbond substituents is 1. The number of benzene rings is 2. The molecule has 21 heavy (non-hydrogen) atoms. The molecule has 2 aromatic rings. The van der Waals surface area contributed by atoms with Crippen molar-refractivity contribution in [1.82, 2.24) is 4.72 Å². The molecule has 1 atom stereocenters. The van der Waals surface area contributed by atoms with Gasteiger partial charge in [-0.05, 0) is 29.8 Å². The molecule has 2 N–H and O–H groups in total. The molecule has 2 aromatic carbocycles. The Bertz CT molecular complexity index is 733. The molecular formula is C15H15NO4S. The highest BCUT2D eigenvalue weighted by Crippen LogP contribution is 2.28. The summed E-state index contributed by atoms with van der Waals surface area (Å²) in [5.41, 5.74) is 1.08. The van der Waals surface area contributed by atoms with E-state index in [0.717, 1.165) is 11.3 Å². The van der Waals surface area contributed by atoms with E-state index in [0.29, 0.717) is 6.42 Å². The van der Waals surface area contributed by atoms with Crippen molar-refractivity contribution in [2.75, 3.05) is 6.54 Å². The van der Waals surface area contributed by atoms with Crippen LogP contribution in [0.5, 0.6) is 11.5 Å². The number of phenols is 1. The number of hydrogen-bond donors (Lipinski definition) is 2. The second kappa shape index (κ2) is 5.38. The molecule has 1 unspecified atom stereocenters. The van der Waals surface area contributed by atoms with E-state index >= 15 is 0 Å². The smallest absolute Gasteiger partial charge is 0.240 e. The Hall–Kier alpha value is -2.05. The summed E-state index contributed by atoms with van der Waals surface area (Å²) >= 11 is 0. The number of fused-ring (bicyclic) bond motifs is 1.